The Hall–Kier alpha value is -2.83. The number of hydrogen-bond acceptors (Lipinski definition) is 2. The molecule has 156 valence electrons. The largest absolute Gasteiger partial charge is 0.416 e. The quantitative estimate of drug-likeness (QED) is 0.505. The van der Waals surface area contributed by atoms with E-state index in [9.17, 15) is 18.0 Å². The van der Waals surface area contributed by atoms with Crippen LogP contribution in [0.5, 0.6) is 0 Å². The summed E-state index contributed by atoms with van der Waals surface area (Å²) in [7, 11) is 1.79. The molecule has 1 amide bonds. The summed E-state index contributed by atoms with van der Waals surface area (Å²) < 4.78 is 39.0. The van der Waals surface area contributed by atoms with Crippen molar-refractivity contribution in [2.75, 3.05) is 12.4 Å². The van der Waals surface area contributed by atoms with Gasteiger partial charge in [-0.15, -0.1) is 0 Å². The maximum atomic E-state index is 13.1. The van der Waals surface area contributed by atoms with E-state index in [1.807, 2.05) is 47.4 Å². The van der Waals surface area contributed by atoms with Crippen LogP contribution >= 0.6 is 11.6 Å². The van der Waals surface area contributed by atoms with Gasteiger partial charge in [0.05, 0.1) is 5.56 Å². The molecule has 0 aliphatic rings. The Morgan fingerprint density at radius 1 is 1.00 bits per heavy atom. The van der Waals surface area contributed by atoms with Crippen LogP contribution in [0.15, 0.2) is 78.9 Å². The molecular weight excluding hydrogens is 413 g/mol. The Bertz CT molecular complexity index is 991. The van der Waals surface area contributed by atoms with Crippen LogP contribution in [0.2, 0.25) is 5.02 Å². The number of rotatable bonds is 6. The maximum Gasteiger partial charge on any atom is 0.416 e. The van der Waals surface area contributed by atoms with Crippen molar-refractivity contribution < 1.29 is 18.0 Å². The van der Waals surface area contributed by atoms with Crippen LogP contribution in [0.3, 0.4) is 0 Å². The zero-order valence-electron chi connectivity index (χ0n) is 16.2. The van der Waals surface area contributed by atoms with Crippen LogP contribution in [0.25, 0.3) is 0 Å². The Balaban J connectivity index is 1.85. The Labute approximate surface area is 178 Å². The molecule has 7 heteroatoms. The molecule has 1 atom stereocenters. The monoisotopic (exact) mass is 432 g/mol. The first kappa shape index (κ1) is 21.9. The second-order valence-electron chi connectivity index (χ2n) is 6.92. The minimum absolute atomic E-state index is 0.0932. The molecule has 3 aromatic rings. The lowest BCUT2D eigenvalue weighted by Gasteiger charge is -2.28. The molecule has 3 rings (SSSR count). The third-order valence-electron chi connectivity index (χ3n) is 4.61. The molecule has 3 nitrogen and oxygen atoms in total. The molecule has 0 unspecified atom stereocenters. The molecule has 0 fully saturated rings. The first-order valence-electron chi connectivity index (χ1n) is 9.22. The number of carbonyl (C=O) groups is 1. The van der Waals surface area contributed by atoms with Crippen molar-refractivity contribution in [1.29, 1.82) is 0 Å². The van der Waals surface area contributed by atoms with Crippen LogP contribution < -0.4 is 5.32 Å². The molecule has 3 aromatic carbocycles. The number of alkyl halides is 3. The predicted molar refractivity (Wildman–Crippen MR) is 112 cm³/mol. The first-order valence-corrected chi connectivity index (χ1v) is 9.59. The SMILES string of the molecule is CN(Cc1ccc(Cl)cc1)[C@@H](C(=O)Nc1cccc(C(F)(F)F)c1)c1ccccc1. The minimum atomic E-state index is -4.48. The minimum Gasteiger partial charge on any atom is -0.324 e. The molecule has 1 N–H and O–H groups in total. The average molecular weight is 433 g/mol. The fourth-order valence-corrected chi connectivity index (χ4v) is 3.32. The lowest BCUT2D eigenvalue weighted by Crippen LogP contribution is -2.34. The number of nitrogens with zero attached hydrogens (tertiary/aromatic N) is 1. The van der Waals surface area contributed by atoms with Crippen molar-refractivity contribution >= 4 is 23.2 Å². The molecule has 0 spiro atoms. The summed E-state index contributed by atoms with van der Waals surface area (Å²) in [5.41, 5.74) is 0.967. The second kappa shape index (κ2) is 9.32. The highest BCUT2D eigenvalue weighted by Crippen LogP contribution is 2.31. The lowest BCUT2D eigenvalue weighted by molar-refractivity contribution is -0.137. The van der Waals surface area contributed by atoms with Gasteiger partial charge >= 0.3 is 6.18 Å². The molecule has 30 heavy (non-hydrogen) atoms. The van der Waals surface area contributed by atoms with E-state index in [1.165, 1.54) is 12.1 Å². The van der Waals surface area contributed by atoms with E-state index >= 15 is 0 Å². The van der Waals surface area contributed by atoms with Crippen molar-refractivity contribution in [2.45, 2.75) is 18.8 Å². The fourth-order valence-electron chi connectivity index (χ4n) is 3.19. The molecule has 0 aromatic heterocycles. The topological polar surface area (TPSA) is 32.3 Å². The van der Waals surface area contributed by atoms with E-state index in [0.717, 1.165) is 23.3 Å². The number of benzene rings is 3. The molecule has 0 saturated heterocycles. The van der Waals surface area contributed by atoms with Crippen molar-refractivity contribution in [3.05, 3.63) is 101 Å². The zero-order valence-corrected chi connectivity index (χ0v) is 16.9. The normalized spacial score (nSPS) is 12.6. The standard InChI is InChI=1S/C23H20ClF3N2O/c1-29(15-16-10-12-19(24)13-11-16)21(17-6-3-2-4-7-17)22(30)28-20-9-5-8-18(14-20)23(25,26)27/h2-14,21H,15H2,1H3,(H,28,30)/t21-/m1/s1. The molecule has 0 aliphatic heterocycles. The fraction of sp³-hybridized carbons (Fsp3) is 0.174. The van der Waals surface area contributed by atoms with E-state index in [1.54, 1.807) is 19.2 Å². The van der Waals surface area contributed by atoms with Gasteiger partial charge < -0.3 is 5.32 Å². The highest BCUT2D eigenvalue weighted by atomic mass is 35.5. The number of halogens is 4. The number of hydrogen-bond donors (Lipinski definition) is 1. The van der Waals surface area contributed by atoms with E-state index in [0.29, 0.717) is 11.6 Å². The Morgan fingerprint density at radius 3 is 2.30 bits per heavy atom. The summed E-state index contributed by atoms with van der Waals surface area (Å²) in [6.45, 7) is 0.451. The van der Waals surface area contributed by atoms with Crippen LogP contribution in [-0.4, -0.2) is 17.9 Å². The highest BCUT2D eigenvalue weighted by molar-refractivity contribution is 6.30. The van der Waals surface area contributed by atoms with Crippen LogP contribution in [0.1, 0.15) is 22.7 Å². The van der Waals surface area contributed by atoms with Gasteiger partial charge in [-0.05, 0) is 48.5 Å². The molecule has 0 heterocycles. The summed E-state index contributed by atoms with van der Waals surface area (Å²) in [5, 5.41) is 3.24. The van der Waals surface area contributed by atoms with Gasteiger partial charge in [-0.1, -0.05) is 60.1 Å². The number of nitrogens with one attached hydrogen (secondary N) is 1. The number of carbonyl (C=O) groups excluding carboxylic acids is 1. The van der Waals surface area contributed by atoms with Crippen molar-refractivity contribution in [3.8, 4) is 0 Å². The summed E-state index contributed by atoms with van der Waals surface area (Å²) in [6, 6.07) is 20.3. The van der Waals surface area contributed by atoms with E-state index in [-0.39, 0.29) is 5.69 Å². The summed E-state index contributed by atoms with van der Waals surface area (Å²) >= 11 is 5.93. The van der Waals surface area contributed by atoms with Gasteiger partial charge in [0.2, 0.25) is 5.91 Å². The lowest BCUT2D eigenvalue weighted by atomic mass is 10.0. The van der Waals surface area contributed by atoms with E-state index < -0.39 is 23.7 Å². The van der Waals surface area contributed by atoms with Crippen molar-refractivity contribution in [3.63, 3.8) is 0 Å². The summed E-state index contributed by atoms with van der Waals surface area (Å²) in [5.74, 6) is -0.419. The molecule has 0 saturated carbocycles. The predicted octanol–water partition coefficient (Wildman–Crippen LogP) is 6.17. The molecular formula is C23H20ClF3N2O. The van der Waals surface area contributed by atoms with Crippen LogP contribution in [0.4, 0.5) is 18.9 Å². The Kier molecular flexibility index (Phi) is 6.80. The van der Waals surface area contributed by atoms with Crippen molar-refractivity contribution in [1.82, 2.24) is 4.90 Å². The summed E-state index contributed by atoms with van der Waals surface area (Å²) in [4.78, 5) is 14.9. The molecule has 0 bridgehead atoms. The number of likely N-dealkylation sites (N-methyl/N-ethyl adjacent to an activating group) is 1. The van der Waals surface area contributed by atoms with E-state index in [4.69, 9.17) is 11.6 Å². The highest BCUT2D eigenvalue weighted by Gasteiger charge is 2.31. The summed E-state index contributed by atoms with van der Waals surface area (Å²) in [6.07, 6.45) is -4.48. The first-order chi connectivity index (χ1) is 14.2. The number of amides is 1. The van der Waals surface area contributed by atoms with Gasteiger partial charge in [0, 0.05) is 17.3 Å². The second-order valence-corrected chi connectivity index (χ2v) is 7.36. The van der Waals surface area contributed by atoms with Crippen LogP contribution in [-0.2, 0) is 17.5 Å². The third-order valence-corrected chi connectivity index (χ3v) is 4.86. The van der Waals surface area contributed by atoms with Gasteiger partial charge in [-0.3, -0.25) is 9.69 Å². The van der Waals surface area contributed by atoms with Gasteiger partial charge in [0.1, 0.15) is 6.04 Å². The van der Waals surface area contributed by atoms with Crippen molar-refractivity contribution in [2.24, 2.45) is 0 Å². The molecule has 0 aliphatic carbocycles. The number of anilines is 1. The maximum absolute atomic E-state index is 13.1. The van der Waals surface area contributed by atoms with Gasteiger partial charge in [-0.25, -0.2) is 0 Å². The average Bonchev–Trinajstić information content (AvgIpc) is 2.70. The van der Waals surface area contributed by atoms with Crippen LogP contribution in [0, 0.1) is 0 Å². The Morgan fingerprint density at radius 2 is 1.67 bits per heavy atom. The molecule has 0 radical (unpaired) electrons. The zero-order chi connectivity index (χ0) is 21.7. The third kappa shape index (κ3) is 5.62. The van der Waals surface area contributed by atoms with E-state index in [2.05, 4.69) is 5.32 Å². The van der Waals surface area contributed by atoms with Gasteiger partial charge in [-0.2, -0.15) is 13.2 Å². The van der Waals surface area contributed by atoms with Gasteiger partial charge in [0.25, 0.3) is 0 Å². The van der Waals surface area contributed by atoms with Gasteiger partial charge in [0.15, 0.2) is 0 Å². The smallest absolute Gasteiger partial charge is 0.324 e.